The van der Waals surface area contributed by atoms with Crippen molar-refractivity contribution in [3.05, 3.63) is 0 Å². The highest BCUT2D eigenvalue weighted by atomic mass is 16.4. The zero-order valence-electron chi connectivity index (χ0n) is 11.5. The molecular formula is C13H24N2O3. The second-order valence-electron chi connectivity index (χ2n) is 5.55. The van der Waals surface area contributed by atoms with E-state index in [-0.39, 0.29) is 12.1 Å². The molecule has 0 bridgehead atoms. The van der Waals surface area contributed by atoms with Gasteiger partial charge in [0.25, 0.3) is 0 Å². The van der Waals surface area contributed by atoms with Crippen molar-refractivity contribution in [3.8, 4) is 0 Å². The Labute approximate surface area is 108 Å². The Morgan fingerprint density at radius 3 is 2.28 bits per heavy atom. The van der Waals surface area contributed by atoms with Gasteiger partial charge in [-0.1, -0.05) is 13.8 Å². The van der Waals surface area contributed by atoms with E-state index in [1.165, 1.54) is 6.92 Å². The molecule has 0 aromatic rings. The van der Waals surface area contributed by atoms with E-state index in [4.69, 9.17) is 5.11 Å². The molecule has 1 saturated carbocycles. The van der Waals surface area contributed by atoms with Gasteiger partial charge in [0.15, 0.2) is 0 Å². The van der Waals surface area contributed by atoms with E-state index in [0.717, 1.165) is 31.6 Å². The Bertz CT molecular complexity index is 311. The molecule has 18 heavy (non-hydrogen) atoms. The normalized spacial score (nSPS) is 27.1. The van der Waals surface area contributed by atoms with Crippen LogP contribution in [-0.4, -0.2) is 28.7 Å². The molecule has 1 aliphatic rings. The monoisotopic (exact) mass is 256 g/mol. The van der Waals surface area contributed by atoms with Crippen LogP contribution >= 0.6 is 0 Å². The summed E-state index contributed by atoms with van der Waals surface area (Å²) < 4.78 is 0. The van der Waals surface area contributed by atoms with Gasteiger partial charge in [-0.2, -0.15) is 0 Å². The topological polar surface area (TPSA) is 78.4 Å². The van der Waals surface area contributed by atoms with Gasteiger partial charge in [-0.3, -0.25) is 0 Å². The predicted molar refractivity (Wildman–Crippen MR) is 69.4 cm³/mol. The first-order valence-electron chi connectivity index (χ1n) is 6.69. The number of aliphatic carboxylic acids is 1. The van der Waals surface area contributed by atoms with Crippen molar-refractivity contribution < 1.29 is 14.7 Å². The molecule has 0 aliphatic heterocycles. The van der Waals surface area contributed by atoms with Crippen LogP contribution in [0.15, 0.2) is 0 Å². The summed E-state index contributed by atoms with van der Waals surface area (Å²) in [5.74, 6) is -0.275. The van der Waals surface area contributed by atoms with Crippen LogP contribution in [0.5, 0.6) is 0 Å². The zero-order chi connectivity index (χ0) is 13.8. The summed E-state index contributed by atoms with van der Waals surface area (Å²) in [5.41, 5.74) is -1.19. The van der Waals surface area contributed by atoms with E-state index in [9.17, 15) is 9.59 Å². The molecule has 1 fully saturated rings. The molecule has 0 aromatic heterocycles. The van der Waals surface area contributed by atoms with E-state index in [2.05, 4.69) is 17.6 Å². The fraction of sp³-hybridized carbons (Fsp3) is 0.846. The molecule has 1 rings (SSSR count). The molecule has 3 N–H and O–H groups in total. The molecule has 104 valence electrons. The van der Waals surface area contributed by atoms with Gasteiger partial charge >= 0.3 is 12.0 Å². The number of amides is 2. The van der Waals surface area contributed by atoms with Gasteiger partial charge in [-0.25, -0.2) is 9.59 Å². The zero-order valence-corrected chi connectivity index (χ0v) is 11.5. The maximum Gasteiger partial charge on any atom is 0.329 e. The minimum atomic E-state index is -1.19. The van der Waals surface area contributed by atoms with Crippen molar-refractivity contribution in [3.63, 3.8) is 0 Å². The summed E-state index contributed by atoms with van der Waals surface area (Å²) in [6, 6.07) is -0.197. The van der Waals surface area contributed by atoms with Gasteiger partial charge in [0, 0.05) is 6.04 Å². The number of nitrogens with one attached hydrogen (secondary N) is 2. The number of carbonyl (C=O) groups excluding carboxylic acids is 1. The lowest BCUT2D eigenvalue weighted by Crippen LogP contribution is -2.56. The highest BCUT2D eigenvalue weighted by Crippen LogP contribution is 2.23. The second-order valence-corrected chi connectivity index (χ2v) is 5.55. The average Bonchev–Trinajstić information content (AvgIpc) is 2.31. The fourth-order valence-electron chi connectivity index (χ4n) is 2.17. The van der Waals surface area contributed by atoms with Crippen molar-refractivity contribution >= 4 is 12.0 Å². The third kappa shape index (κ3) is 3.89. The largest absolute Gasteiger partial charge is 0.480 e. The van der Waals surface area contributed by atoms with Crippen LogP contribution in [0.4, 0.5) is 4.79 Å². The van der Waals surface area contributed by atoms with Crippen molar-refractivity contribution in [2.24, 2.45) is 5.92 Å². The minimum absolute atomic E-state index is 0.177. The lowest BCUT2D eigenvalue weighted by Gasteiger charge is -2.30. The van der Waals surface area contributed by atoms with Crippen LogP contribution in [0.2, 0.25) is 0 Å². The van der Waals surface area contributed by atoms with Crippen molar-refractivity contribution in [2.45, 2.75) is 64.5 Å². The molecule has 0 radical (unpaired) electrons. The number of carboxylic acid groups (broad SMARTS) is 1. The maximum absolute atomic E-state index is 11.8. The van der Waals surface area contributed by atoms with Crippen LogP contribution in [0.1, 0.15) is 52.9 Å². The van der Waals surface area contributed by atoms with Crippen LogP contribution < -0.4 is 10.6 Å². The van der Waals surface area contributed by atoms with Crippen LogP contribution in [0, 0.1) is 5.92 Å². The minimum Gasteiger partial charge on any atom is -0.480 e. The summed E-state index contributed by atoms with van der Waals surface area (Å²) in [5, 5.41) is 14.5. The van der Waals surface area contributed by atoms with Crippen molar-refractivity contribution in [2.75, 3.05) is 0 Å². The lowest BCUT2D eigenvalue weighted by molar-refractivity contribution is -0.143. The number of carbonyl (C=O) groups is 2. The second kappa shape index (κ2) is 6.07. The maximum atomic E-state index is 11.8. The summed E-state index contributed by atoms with van der Waals surface area (Å²) in [6.45, 7) is 5.49. The summed E-state index contributed by atoms with van der Waals surface area (Å²) in [4.78, 5) is 22.9. The van der Waals surface area contributed by atoms with E-state index < -0.39 is 11.5 Å². The van der Waals surface area contributed by atoms with Crippen LogP contribution in [0.25, 0.3) is 0 Å². The van der Waals surface area contributed by atoms with Crippen molar-refractivity contribution in [1.82, 2.24) is 10.6 Å². The van der Waals surface area contributed by atoms with E-state index in [1.54, 1.807) is 6.92 Å². The first-order chi connectivity index (χ1) is 8.37. The SMILES string of the molecule is CCC(C)(NC(=O)NC1CCC(C)CC1)C(=O)O. The summed E-state index contributed by atoms with van der Waals surface area (Å²) in [6.07, 6.45) is 4.55. The molecular weight excluding hydrogens is 232 g/mol. The van der Waals surface area contributed by atoms with Gasteiger partial charge in [-0.05, 0) is 44.9 Å². The Hall–Kier alpha value is -1.26. The molecule has 1 unspecified atom stereocenters. The van der Waals surface area contributed by atoms with Crippen LogP contribution in [0.3, 0.4) is 0 Å². The van der Waals surface area contributed by atoms with Crippen molar-refractivity contribution in [1.29, 1.82) is 0 Å². The van der Waals surface area contributed by atoms with E-state index in [1.807, 2.05) is 0 Å². The number of carboxylic acids is 1. The third-order valence-corrected chi connectivity index (χ3v) is 3.92. The Morgan fingerprint density at radius 2 is 1.83 bits per heavy atom. The lowest BCUT2D eigenvalue weighted by atomic mass is 9.87. The molecule has 0 aromatic carbocycles. The Kier molecular flexibility index (Phi) is 4.99. The van der Waals surface area contributed by atoms with Gasteiger partial charge in [0.1, 0.15) is 5.54 Å². The summed E-state index contributed by atoms with van der Waals surface area (Å²) in [7, 11) is 0. The first-order valence-corrected chi connectivity index (χ1v) is 6.69. The molecule has 5 heteroatoms. The molecule has 0 saturated heterocycles. The highest BCUT2D eigenvalue weighted by molar-refractivity contribution is 5.85. The van der Waals surface area contributed by atoms with Crippen LogP contribution in [-0.2, 0) is 4.79 Å². The molecule has 1 atom stereocenters. The molecule has 0 heterocycles. The molecule has 2 amide bonds. The van der Waals surface area contributed by atoms with Gasteiger partial charge in [0.05, 0.1) is 0 Å². The van der Waals surface area contributed by atoms with E-state index in [0.29, 0.717) is 6.42 Å². The smallest absolute Gasteiger partial charge is 0.329 e. The first kappa shape index (κ1) is 14.8. The number of rotatable bonds is 4. The Balaban J connectivity index is 2.44. The quantitative estimate of drug-likeness (QED) is 0.721. The Morgan fingerprint density at radius 1 is 1.28 bits per heavy atom. The van der Waals surface area contributed by atoms with Gasteiger partial charge in [-0.15, -0.1) is 0 Å². The third-order valence-electron chi connectivity index (χ3n) is 3.92. The fourth-order valence-corrected chi connectivity index (χ4v) is 2.17. The van der Waals surface area contributed by atoms with Gasteiger partial charge < -0.3 is 15.7 Å². The highest BCUT2D eigenvalue weighted by Gasteiger charge is 2.33. The number of hydrogen-bond donors (Lipinski definition) is 3. The standard InChI is InChI=1S/C13H24N2O3/c1-4-13(3,11(16)17)15-12(18)14-10-7-5-9(2)6-8-10/h9-10H,4-8H2,1-3H3,(H,16,17)(H2,14,15,18). The predicted octanol–water partition coefficient (Wildman–Crippen LogP) is 2.12. The number of urea groups is 1. The summed E-state index contributed by atoms with van der Waals surface area (Å²) >= 11 is 0. The molecule has 0 spiro atoms. The van der Waals surface area contributed by atoms with Gasteiger partial charge in [0.2, 0.25) is 0 Å². The molecule has 5 nitrogen and oxygen atoms in total. The molecule has 1 aliphatic carbocycles. The number of hydrogen-bond acceptors (Lipinski definition) is 2. The average molecular weight is 256 g/mol. The van der Waals surface area contributed by atoms with E-state index >= 15 is 0 Å².